The van der Waals surface area contributed by atoms with Gasteiger partial charge in [-0.25, -0.2) is 0 Å². The number of hydrogen-bond acceptors (Lipinski definition) is 1. The van der Waals surface area contributed by atoms with Crippen LogP contribution in [0, 0.1) is 17.8 Å². The lowest BCUT2D eigenvalue weighted by atomic mass is 9.75. The van der Waals surface area contributed by atoms with Gasteiger partial charge in [0.2, 0.25) is 0 Å². The zero-order chi connectivity index (χ0) is 16.3. The maximum absolute atomic E-state index is 6.61. The summed E-state index contributed by atoms with van der Waals surface area (Å²) in [5.74, 6) is 2.86. The van der Waals surface area contributed by atoms with Gasteiger partial charge in [0.1, 0.15) is 0 Å². The third-order valence-electron chi connectivity index (χ3n) is 7.29. The second-order valence-corrected chi connectivity index (χ2v) is 9.50. The van der Waals surface area contributed by atoms with E-state index < -0.39 is 0 Å². The lowest BCUT2D eigenvalue weighted by molar-refractivity contribution is -0.968. The van der Waals surface area contributed by atoms with Crippen LogP contribution in [0.15, 0.2) is 0 Å². The third-order valence-corrected chi connectivity index (χ3v) is 7.29. The van der Waals surface area contributed by atoms with Crippen molar-refractivity contribution in [2.45, 2.75) is 96.6 Å². The quantitative estimate of drug-likeness (QED) is 0.704. The van der Waals surface area contributed by atoms with Crippen LogP contribution in [0.4, 0.5) is 0 Å². The van der Waals surface area contributed by atoms with Gasteiger partial charge in [0, 0.05) is 24.7 Å². The Morgan fingerprint density at radius 1 is 0.957 bits per heavy atom. The molecule has 1 aliphatic heterocycles. The molecule has 0 aromatic carbocycles. The Kier molecular flexibility index (Phi) is 6.07. The minimum absolute atomic E-state index is 0.463. The van der Waals surface area contributed by atoms with E-state index in [1.165, 1.54) is 94.7 Å². The van der Waals surface area contributed by atoms with Gasteiger partial charge in [0.15, 0.2) is 0 Å². The van der Waals surface area contributed by atoms with Crippen molar-refractivity contribution in [1.29, 1.82) is 0 Å². The molecule has 23 heavy (non-hydrogen) atoms. The van der Waals surface area contributed by atoms with E-state index in [1.54, 1.807) is 0 Å². The molecule has 0 aromatic rings. The molecular formula is C21H41N2+. The van der Waals surface area contributed by atoms with Crippen molar-refractivity contribution < 1.29 is 4.48 Å². The van der Waals surface area contributed by atoms with Gasteiger partial charge >= 0.3 is 0 Å². The van der Waals surface area contributed by atoms with Crippen molar-refractivity contribution in [1.82, 2.24) is 0 Å². The van der Waals surface area contributed by atoms with Gasteiger partial charge in [-0.2, -0.15) is 0 Å². The van der Waals surface area contributed by atoms with Crippen LogP contribution in [0.3, 0.4) is 0 Å². The Hall–Kier alpha value is -0.0800. The molecule has 0 radical (unpaired) electrons. The summed E-state index contributed by atoms with van der Waals surface area (Å²) < 4.78 is 1.42. The lowest BCUT2D eigenvalue weighted by Crippen LogP contribution is -2.68. The molecular weight excluding hydrogens is 280 g/mol. The molecule has 2 N–H and O–H groups in total. The van der Waals surface area contributed by atoms with E-state index in [1.807, 2.05) is 0 Å². The number of unbranched alkanes of at least 4 members (excludes halogenated alkanes) is 1. The summed E-state index contributed by atoms with van der Waals surface area (Å²) >= 11 is 0. The molecule has 2 nitrogen and oxygen atoms in total. The summed E-state index contributed by atoms with van der Waals surface area (Å²) in [6.07, 6.45) is 15.9. The average Bonchev–Trinajstić information content (AvgIpc) is 2.50. The molecule has 3 unspecified atom stereocenters. The van der Waals surface area contributed by atoms with Gasteiger partial charge in [-0.3, -0.25) is 0 Å². The zero-order valence-electron chi connectivity index (χ0n) is 15.8. The molecule has 2 saturated carbocycles. The first kappa shape index (κ1) is 17.7. The Balaban J connectivity index is 1.70. The van der Waals surface area contributed by atoms with Gasteiger partial charge < -0.3 is 10.2 Å². The highest BCUT2D eigenvalue weighted by atomic mass is 15.4. The van der Waals surface area contributed by atoms with Crippen LogP contribution < -0.4 is 5.73 Å². The van der Waals surface area contributed by atoms with Gasteiger partial charge in [0.05, 0.1) is 31.7 Å². The van der Waals surface area contributed by atoms with Crippen molar-refractivity contribution in [3.8, 4) is 0 Å². The average molecular weight is 322 g/mol. The second-order valence-electron chi connectivity index (χ2n) is 9.50. The molecule has 1 heterocycles. The first-order valence-corrected chi connectivity index (χ1v) is 10.7. The monoisotopic (exact) mass is 321 g/mol. The highest BCUT2D eigenvalue weighted by Gasteiger charge is 2.49. The van der Waals surface area contributed by atoms with Crippen LogP contribution in [0.1, 0.15) is 84.5 Å². The molecule has 2 heteroatoms. The van der Waals surface area contributed by atoms with Crippen molar-refractivity contribution in [3.63, 3.8) is 0 Å². The molecule has 3 aliphatic rings. The highest BCUT2D eigenvalue weighted by molar-refractivity contribution is 4.85. The molecule has 134 valence electrons. The lowest BCUT2D eigenvalue weighted by Gasteiger charge is -2.56. The summed E-state index contributed by atoms with van der Waals surface area (Å²) in [7, 11) is 0. The highest BCUT2D eigenvalue weighted by Crippen LogP contribution is 2.42. The third kappa shape index (κ3) is 4.31. The van der Waals surface area contributed by atoms with E-state index in [2.05, 4.69) is 13.8 Å². The molecule has 3 rings (SSSR count). The van der Waals surface area contributed by atoms with Gasteiger partial charge in [-0.1, -0.05) is 46.0 Å². The van der Waals surface area contributed by atoms with Crippen LogP contribution in [-0.2, 0) is 0 Å². The predicted octanol–water partition coefficient (Wildman–Crippen LogP) is 4.72. The summed E-state index contributed by atoms with van der Waals surface area (Å²) in [6, 6.07) is 1.41. The van der Waals surface area contributed by atoms with E-state index in [4.69, 9.17) is 5.73 Å². The largest absolute Gasteiger partial charge is 0.323 e. The van der Waals surface area contributed by atoms with E-state index in [0.29, 0.717) is 6.04 Å². The number of piperidine rings is 1. The fraction of sp³-hybridized carbons (Fsp3) is 1.00. The normalized spacial score (nSPS) is 42.4. The summed E-state index contributed by atoms with van der Waals surface area (Å²) in [5, 5.41) is 0. The summed E-state index contributed by atoms with van der Waals surface area (Å²) in [5.41, 5.74) is 6.61. The van der Waals surface area contributed by atoms with Crippen molar-refractivity contribution in [2.24, 2.45) is 23.5 Å². The number of nitrogens with zero attached hydrogens (tertiary/aromatic N) is 1. The number of likely N-dealkylation sites (tertiary alicyclic amines) is 1. The minimum atomic E-state index is 0.463. The molecule has 1 saturated heterocycles. The maximum atomic E-state index is 6.61. The molecule has 0 aromatic heterocycles. The summed E-state index contributed by atoms with van der Waals surface area (Å²) in [6.45, 7) is 9.00. The zero-order valence-corrected chi connectivity index (χ0v) is 15.8. The Labute approximate surface area is 144 Å². The first-order chi connectivity index (χ1) is 11.1. The number of rotatable bonds is 6. The van der Waals surface area contributed by atoms with Gasteiger partial charge in [0.25, 0.3) is 0 Å². The topological polar surface area (TPSA) is 26.0 Å². The first-order valence-electron chi connectivity index (χ1n) is 10.7. The Bertz CT molecular complexity index is 357. The van der Waals surface area contributed by atoms with E-state index in [0.717, 1.165) is 23.8 Å². The Morgan fingerprint density at radius 2 is 1.70 bits per heavy atom. The van der Waals surface area contributed by atoms with Crippen LogP contribution >= 0.6 is 0 Å². The molecule has 2 aliphatic carbocycles. The number of quaternary nitrogens is 1. The van der Waals surface area contributed by atoms with Crippen molar-refractivity contribution in [3.05, 3.63) is 0 Å². The van der Waals surface area contributed by atoms with E-state index in [-0.39, 0.29) is 0 Å². The van der Waals surface area contributed by atoms with Crippen molar-refractivity contribution >= 4 is 0 Å². The molecule has 0 spiro atoms. The second kappa shape index (κ2) is 7.87. The Morgan fingerprint density at radius 3 is 2.35 bits per heavy atom. The van der Waals surface area contributed by atoms with Gasteiger partial charge in [-0.15, -0.1) is 0 Å². The maximum Gasteiger partial charge on any atom is 0.0942 e. The van der Waals surface area contributed by atoms with E-state index in [9.17, 15) is 0 Å². The standard InChI is InChI=1S/C21H41N2/c1-3-4-8-19-13-20(22)16-23(15-19,21-11-17(2)12-21)14-18-9-6-5-7-10-18/h17-21H,3-16,22H2,1-2H3/q+1. The van der Waals surface area contributed by atoms with Crippen LogP contribution in [0.25, 0.3) is 0 Å². The van der Waals surface area contributed by atoms with Crippen LogP contribution in [0.2, 0.25) is 0 Å². The minimum Gasteiger partial charge on any atom is -0.323 e. The van der Waals surface area contributed by atoms with Gasteiger partial charge in [-0.05, 0) is 31.6 Å². The molecule has 3 atom stereocenters. The summed E-state index contributed by atoms with van der Waals surface area (Å²) in [4.78, 5) is 0. The number of hydrogen-bond donors (Lipinski definition) is 1. The van der Waals surface area contributed by atoms with Crippen LogP contribution in [-0.4, -0.2) is 36.2 Å². The van der Waals surface area contributed by atoms with Crippen LogP contribution in [0.5, 0.6) is 0 Å². The SMILES string of the molecule is CCCCC1CC(N)C[N+](CC2CCCCC2)(C2CC(C)C2)C1. The van der Waals surface area contributed by atoms with E-state index >= 15 is 0 Å². The molecule has 3 fully saturated rings. The fourth-order valence-corrected chi connectivity index (χ4v) is 6.12. The number of nitrogens with two attached hydrogens (primary N) is 1. The molecule has 0 amide bonds. The molecule has 0 bridgehead atoms. The fourth-order valence-electron chi connectivity index (χ4n) is 6.12. The smallest absolute Gasteiger partial charge is 0.0942 e. The predicted molar refractivity (Wildman–Crippen MR) is 99.2 cm³/mol. The van der Waals surface area contributed by atoms with Crippen molar-refractivity contribution in [2.75, 3.05) is 19.6 Å².